The number of allylic oxidation sites excluding steroid dienone is 1. The van der Waals surface area contributed by atoms with E-state index in [4.69, 9.17) is 0 Å². The predicted octanol–water partition coefficient (Wildman–Crippen LogP) is 5.86. The summed E-state index contributed by atoms with van der Waals surface area (Å²) in [6.07, 6.45) is 9.02. The monoisotopic (exact) mass is 673 g/mol. The molecule has 12 heteroatoms. The van der Waals surface area contributed by atoms with E-state index in [-0.39, 0.29) is 18.3 Å². The first kappa shape index (κ1) is 42.0. The van der Waals surface area contributed by atoms with Crippen molar-refractivity contribution < 1.29 is 22.8 Å². The molecule has 3 heterocycles. The van der Waals surface area contributed by atoms with Crippen LogP contribution in [0.4, 0.5) is 18.9 Å². The summed E-state index contributed by atoms with van der Waals surface area (Å²) in [6, 6.07) is 12.6. The van der Waals surface area contributed by atoms with Crippen LogP contribution in [0.3, 0.4) is 0 Å². The van der Waals surface area contributed by atoms with E-state index in [0.717, 1.165) is 56.1 Å². The summed E-state index contributed by atoms with van der Waals surface area (Å²) in [5, 5.41) is 11.1. The predicted molar refractivity (Wildman–Crippen MR) is 188 cm³/mol. The molecule has 266 valence electrons. The number of benzene rings is 2. The van der Waals surface area contributed by atoms with Crippen LogP contribution in [-0.2, 0) is 31.4 Å². The summed E-state index contributed by atoms with van der Waals surface area (Å²) < 4.78 is 35.5. The number of nitrogens with one attached hydrogen (secondary N) is 1. The highest BCUT2D eigenvalue weighted by molar-refractivity contribution is 6.10. The highest BCUT2D eigenvalue weighted by atomic mass is 19.1. The Hall–Kier alpha value is -4.03. The standard InChI is InChI=1S/C20H20FN3O2.C8H15N3.C6H13N.2CH3F/c21-19-7-14(8-22-9-15-10-23(11-15)13-25)6-17-18(19)12-24(20(17)26)16-4-2-1-3-5-16;1-4-7(2)5-8-10-9-6-11(8)3;1-4-5-6-7(2)3;2*1-2/h1-7,13,15,22H,8-12H2;6-7H,4-5H2,1-3H3;4-5H,6H2,1-3H3;2*1H3/b;;5-4+;;. The molecule has 2 amide bonds. The number of likely N-dealkylation sites (N-methyl/N-ethyl adjacent to an activating group) is 1. The average Bonchev–Trinajstić information content (AvgIpc) is 3.65. The van der Waals surface area contributed by atoms with Gasteiger partial charge in [0.05, 0.1) is 20.9 Å². The SMILES string of the molecule is C/C=C/CN(C)C.CCC(C)Cc1nncn1C.CF.CF.O=CN1CC(CNCc2cc(F)c3c(c2)C(=O)N(c2ccccc2)C3)C1. The van der Waals surface area contributed by atoms with Crippen molar-refractivity contribution in [2.75, 3.05) is 59.5 Å². The zero-order valence-corrected chi connectivity index (χ0v) is 29.8. The van der Waals surface area contributed by atoms with Gasteiger partial charge in [0, 0.05) is 68.9 Å². The van der Waals surface area contributed by atoms with Crippen molar-refractivity contribution in [3.63, 3.8) is 0 Å². The summed E-state index contributed by atoms with van der Waals surface area (Å²) in [6.45, 7) is 10.6. The maximum atomic E-state index is 14.5. The van der Waals surface area contributed by atoms with Crippen LogP contribution in [0.25, 0.3) is 0 Å². The molecule has 0 radical (unpaired) electrons. The van der Waals surface area contributed by atoms with Gasteiger partial charge in [0.25, 0.3) is 5.91 Å². The molecule has 2 aromatic carbocycles. The van der Waals surface area contributed by atoms with Crippen molar-refractivity contribution in [1.29, 1.82) is 0 Å². The number of hydrogen-bond acceptors (Lipinski definition) is 6. The van der Waals surface area contributed by atoms with Gasteiger partial charge in [-0.3, -0.25) is 18.4 Å². The van der Waals surface area contributed by atoms with Gasteiger partial charge in [0.15, 0.2) is 0 Å². The molecule has 48 heavy (non-hydrogen) atoms. The average molecular weight is 674 g/mol. The van der Waals surface area contributed by atoms with Crippen molar-refractivity contribution in [2.24, 2.45) is 18.9 Å². The molecule has 1 aromatic heterocycles. The number of fused-ring (bicyclic) bond motifs is 1. The quantitative estimate of drug-likeness (QED) is 0.203. The van der Waals surface area contributed by atoms with Crippen LogP contribution < -0.4 is 10.2 Å². The number of hydrogen-bond donors (Lipinski definition) is 1. The van der Waals surface area contributed by atoms with Gasteiger partial charge in [-0.15, -0.1) is 10.2 Å². The van der Waals surface area contributed by atoms with Crippen LogP contribution in [-0.4, -0.2) is 91.5 Å². The number of nitrogens with zero attached hydrogens (tertiary/aromatic N) is 6. The number of carbonyl (C=O) groups is 2. The number of amides is 2. The minimum absolute atomic E-state index is 0.160. The van der Waals surface area contributed by atoms with E-state index in [1.807, 2.05) is 48.9 Å². The highest BCUT2D eigenvalue weighted by Crippen LogP contribution is 2.30. The molecule has 1 saturated heterocycles. The first-order valence-electron chi connectivity index (χ1n) is 16.1. The van der Waals surface area contributed by atoms with E-state index >= 15 is 0 Å². The van der Waals surface area contributed by atoms with Gasteiger partial charge >= 0.3 is 0 Å². The molecule has 1 fully saturated rings. The van der Waals surface area contributed by atoms with Crippen LogP contribution >= 0.6 is 0 Å². The molecule has 1 atom stereocenters. The summed E-state index contributed by atoms with van der Waals surface area (Å²) in [7, 11) is 7.09. The molecule has 0 spiro atoms. The van der Waals surface area contributed by atoms with Gasteiger partial charge in [-0.2, -0.15) is 0 Å². The molecule has 0 saturated carbocycles. The van der Waals surface area contributed by atoms with Crippen molar-refractivity contribution >= 4 is 18.0 Å². The lowest BCUT2D eigenvalue weighted by atomic mass is 10.0. The Morgan fingerprint density at radius 1 is 1.10 bits per heavy atom. The fourth-order valence-electron chi connectivity index (χ4n) is 4.85. The Labute approximate surface area is 284 Å². The van der Waals surface area contributed by atoms with Gasteiger partial charge in [-0.1, -0.05) is 50.6 Å². The van der Waals surface area contributed by atoms with Crippen molar-refractivity contribution in [2.45, 2.75) is 46.7 Å². The third kappa shape index (κ3) is 13.6. The number of carbonyl (C=O) groups excluding carboxylic acids is 2. The van der Waals surface area contributed by atoms with Crippen molar-refractivity contribution in [3.8, 4) is 0 Å². The van der Waals surface area contributed by atoms with Gasteiger partial charge in [-0.25, -0.2) is 4.39 Å². The maximum absolute atomic E-state index is 14.5. The molecule has 0 bridgehead atoms. The lowest BCUT2D eigenvalue weighted by Gasteiger charge is -2.36. The normalized spacial score (nSPS) is 14.0. The van der Waals surface area contributed by atoms with Gasteiger partial charge < -0.3 is 24.6 Å². The third-order valence-electron chi connectivity index (χ3n) is 7.75. The van der Waals surface area contributed by atoms with Crippen LogP contribution in [0, 0.1) is 17.7 Å². The molecular weight excluding hydrogens is 619 g/mol. The molecule has 1 unspecified atom stereocenters. The molecule has 2 aliphatic rings. The van der Waals surface area contributed by atoms with E-state index in [0.29, 0.717) is 43.9 Å². The summed E-state index contributed by atoms with van der Waals surface area (Å²) >= 11 is 0. The fraction of sp³-hybridized carbons (Fsp3) is 0.500. The first-order valence-corrected chi connectivity index (χ1v) is 16.1. The lowest BCUT2D eigenvalue weighted by molar-refractivity contribution is -0.123. The number of anilines is 1. The molecule has 2 aliphatic heterocycles. The number of aryl methyl sites for hydroxylation is 1. The highest BCUT2D eigenvalue weighted by Gasteiger charge is 2.31. The van der Waals surface area contributed by atoms with E-state index in [9.17, 15) is 22.8 Å². The Bertz CT molecular complexity index is 1360. The number of alkyl halides is 2. The molecule has 1 N–H and O–H groups in total. The maximum Gasteiger partial charge on any atom is 0.259 e. The molecule has 9 nitrogen and oxygen atoms in total. The summed E-state index contributed by atoms with van der Waals surface area (Å²) in [5.74, 6) is 1.74. The van der Waals surface area contributed by atoms with E-state index in [1.165, 1.54) is 12.5 Å². The minimum atomic E-state index is -0.332. The largest absolute Gasteiger partial charge is 0.344 e. The second-order valence-electron chi connectivity index (χ2n) is 11.8. The van der Waals surface area contributed by atoms with E-state index in [1.54, 1.807) is 22.2 Å². The topological polar surface area (TPSA) is 86.6 Å². The van der Waals surface area contributed by atoms with Crippen LogP contribution in [0.5, 0.6) is 0 Å². The van der Waals surface area contributed by atoms with Crippen LogP contribution in [0.2, 0.25) is 0 Å². The minimum Gasteiger partial charge on any atom is -0.344 e. The van der Waals surface area contributed by atoms with Crippen LogP contribution in [0.15, 0.2) is 60.9 Å². The van der Waals surface area contributed by atoms with Gasteiger partial charge in [-0.05, 0) is 56.8 Å². The van der Waals surface area contributed by atoms with Crippen molar-refractivity contribution in [1.82, 2.24) is 29.9 Å². The van der Waals surface area contributed by atoms with Crippen molar-refractivity contribution in [3.05, 3.63) is 89.3 Å². The second kappa shape index (κ2) is 23.3. The number of likely N-dealkylation sites (tertiary alicyclic amines) is 1. The van der Waals surface area contributed by atoms with E-state index in [2.05, 4.69) is 60.5 Å². The number of para-hydroxylation sites is 1. The van der Waals surface area contributed by atoms with Gasteiger partial charge in [0.2, 0.25) is 6.41 Å². The fourth-order valence-corrected chi connectivity index (χ4v) is 4.85. The third-order valence-corrected chi connectivity index (χ3v) is 7.75. The van der Waals surface area contributed by atoms with Crippen LogP contribution in [0.1, 0.15) is 54.5 Å². The molecule has 0 aliphatic carbocycles. The first-order chi connectivity index (χ1) is 23.2. The number of halogens is 3. The Kier molecular flexibility index (Phi) is 20.4. The summed E-state index contributed by atoms with van der Waals surface area (Å²) in [5.41, 5.74) is 2.44. The lowest BCUT2D eigenvalue weighted by Crippen LogP contribution is -2.49. The second-order valence-corrected chi connectivity index (χ2v) is 11.8. The molecule has 3 aromatic rings. The summed E-state index contributed by atoms with van der Waals surface area (Å²) in [4.78, 5) is 28.7. The smallest absolute Gasteiger partial charge is 0.259 e. The Morgan fingerprint density at radius 2 is 1.77 bits per heavy atom. The van der Waals surface area contributed by atoms with Gasteiger partial charge in [0.1, 0.15) is 18.0 Å². The number of rotatable bonds is 11. The zero-order chi connectivity index (χ0) is 36.1. The Morgan fingerprint density at radius 3 is 2.29 bits per heavy atom. The molecule has 5 rings (SSSR count). The van der Waals surface area contributed by atoms with E-state index < -0.39 is 0 Å². The Balaban J connectivity index is 0.000000433. The zero-order valence-electron chi connectivity index (χ0n) is 29.8. The molecular formula is C36H54F3N7O2. The number of aromatic nitrogens is 3.